The summed E-state index contributed by atoms with van der Waals surface area (Å²) in [4.78, 5) is 0. The summed E-state index contributed by atoms with van der Waals surface area (Å²) < 4.78 is 44.5. The van der Waals surface area contributed by atoms with Gasteiger partial charge in [-0.15, -0.1) is 0 Å². The van der Waals surface area contributed by atoms with Crippen LogP contribution in [0, 0.1) is 5.82 Å². The molecule has 2 atom stereocenters. The first-order chi connectivity index (χ1) is 8.90. The first kappa shape index (κ1) is 14.4. The number of morpholine rings is 1. The number of halogens is 1. The molecule has 0 radical (unpaired) electrons. The quantitative estimate of drug-likeness (QED) is 0.851. The van der Waals surface area contributed by atoms with Crippen molar-refractivity contribution in [1.82, 2.24) is 4.31 Å². The van der Waals surface area contributed by atoms with Gasteiger partial charge < -0.3 is 4.74 Å². The Bertz CT molecular complexity index is 519. The standard InChI is InChI=1S/C13H18FNO3S/c1-10-7-18-8-11(2)15(10)19(16,17)9-12-3-5-13(14)6-4-12/h3-6,10-11H,7-9H2,1-2H3. The third kappa shape index (κ3) is 3.32. The topological polar surface area (TPSA) is 46.6 Å². The van der Waals surface area contributed by atoms with Crippen molar-refractivity contribution >= 4 is 10.0 Å². The molecule has 1 aliphatic rings. The summed E-state index contributed by atoms with van der Waals surface area (Å²) in [5.74, 6) is -0.476. The van der Waals surface area contributed by atoms with Gasteiger partial charge in [0.1, 0.15) is 5.82 Å². The van der Waals surface area contributed by atoms with Crippen LogP contribution in [-0.4, -0.2) is 38.0 Å². The van der Waals surface area contributed by atoms with Crippen LogP contribution in [0.15, 0.2) is 24.3 Å². The summed E-state index contributed by atoms with van der Waals surface area (Å²) in [5.41, 5.74) is 0.590. The van der Waals surface area contributed by atoms with Crippen molar-refractivity contribution in [3.63, 3.8) is 0 Å². The minimum absolute atomic E-state index is 0.109. The molecule has 1 heterocycles. The molecule has 0 amide bonds. The van der Waals surface area contributed by atoms with Gasteiger partial charge in [0, 0.05) is 12.1 Å². The zero-order valence-corrected chi connectivity index (χ0v) is 11.9. The van der Waals surface area contributed by atoms with Crippen LogP contribution in [0.25, 0.3) is 0 Å². The molecule has 6 heteroatoms. The molecule has 4 nitrogen and oxygen atoms in total. The highest BCUT2D eigenvalue weighted by Gasteiger charge is 2.35. The van der Waals surface area contributed by atoms with Gasteiger partial charge in [-0.25, -0.2) is 12.8 Å². The number of benzene rings is 1. The van der Waals surface area contributed by atoms with Gasteiger partial charge in [-0.2, -0.15) is 4.31 Å². The van der Waals surface area contributed by atoms with Crippen LogP contribution in [-0.2, 0) is 20.5 Å². The maximum Gasteiger partial charge on any atom is 0.218 e. The monoisotopic (exact) mass is 287 g/mol. The van der Waals surface area contributed by atoms with Gasteiger partial charge in [-0.1, -0.05) is 12.1 Å². The Morgan fingerprint density at radius 1 is 1.21 bits per heavy atom. The van der Waals surface area contributed by atoms with E-state index in [1.807, 2.05) is 13.8 Å². The van der Waals surface area contributed by atoms with E-state index < -0.39 is 10.0 Å². The average Bonchev–Trinajstić information content (AvgIpc) is 2.31. The summed E-state index contributed by atoms with van der Waals surface area (Å²) >= 11 is 0. The van der Waals surface area contributed by atoms with Gasteiger partial charge in [-0.3, -0.25) is 0 Å². The van der Waals surface area contributed by atoms with Crippen LogP contribution >= 0.6 is 0 Å². The summed E-state index contributed by atoms with van der Waals surface area (Å²) in [5, 5.41) is 0. The zero-order valence-electron chi connectivity index (χ0n) is 11.0. The molecule has 2 rings (SSSR count). The summed E-state index contributed by atoms with van der Waals surface area (Å²) in [7, 11) is -3.42. The van der Waals surface area contributed by atoms with E-state index in [2.05, 4.69) is 0 Å². The third-order valence-corrected chi connectivity index (χ3v) is 5.23. The van der Waals surface area contributed by atoms with Crippen LogP contribution in [0.2, 0.25) is 0 Å². The van der Waals surface area contributed by atoms with E-state index in [1.165, 1.54) is 28.6 Å². The molecule has 0 N–H and O–H groups in total. The number of nitrogens with zero attached hydrogens (tertiary/aromatic N) is 1. The Kier molecular flexibility index (Phi) is 4.23. The highest BCUT2D eigenvalue weighted by molar-refractivity contribution is 7.88. The summed E-state index contributed by atoms with van der Waals surface area (Å²) in [6.07, 6.45) is 0. The molecule has 0 bridgehead atoms. The number of rotatable bonds is 3. The average molecular weight is 287 g/mol. The van der Waals surface area contributed by atoms with Crippen molar-refractivity contribution in [2.24, 2.45) is 0 Å². The Labute approximate surface area is 113 Å². The van der Waals surface area contributed by atoms with Gasteiger partial charge in [0.2, 0.25) is 10.0 Å². The van der Waals surface area contributed by atoms with Crippen LogP contribution in [0.4, 0.5) is 4.39 Å². The second kappa shape index (κ2) is 5.56. The number of hydrogen-bond donors (Lipinski definition) is 0. The van der Waals surface area contributed by atoms with E-state index in [4.69, 9.17) is 4.74 Å². The number of hydrogen-bond acceptors (Lipinski definition) is 3. The molecule has 0 spiro atoms. The molecule has 2 unspecified atom stereocenters. The molecule has 1 aromatic carbocycles. The zero-order chi connectivity index (χ0) is 14.0. The number of ether oxygens (including phenoxy) is 1. The molecule has 1 saturated heterocycles. The fourth-order valence-corrected chi connectivity index (χ4v) is 4.39. The molecule has 0 aromatic heterocycles. The Morgan fingerprint density at radius 2 is 1.74 bits per heavy atom. The van der Waals surface area contributed by atoms with Crippen molar-refractivity contribution in [2.75, 3.05) is 13.2 Å². The second-order valence-corrected chi connectivity index (χ2v) is 6.82. The molecule has 1 fully saturated rings. The van der Waals surface area contributed by atoms with Gasteiger partial charge >= 0.3 is 0 Å². The second-order valence-electron chi connectivity index (χ2n) is 4.95. The van der Waals surface area contributed by atoms with Crippen LogP contribution in [0.3, 0.4) is 0 Å². The predicted octanol–water partition coefficient (Wildman–Crippen LogP) is 1.76. The Morgan fingerprint density at radius 3 is 2.26 bits per heavy atom. The molecule has 0 aliphatic carbocycles. The molecule has 106 valence electrons. The molecular weight excluding hydrogens is 269 g/mol. The van der Waals surface area contributed by atoms with E-state index in [1.54, 1.807) is 0 Å². The van der Waals surface area contributed by atoms with Gasteiger partial charge in [0.25, 0.3) is 0 Å². The fraction of sp³-hybridized carbons (Fsp3) is 0.538. The van der Waals surface area contributed by atoms with Gasteiger partial charge in [-0.05, 0) is 31.5 Å². The summed E-state index contributed by atoms with van der Waals surface area (Å²) in [6.45, 7) is 4.48. The first-order valence-electron chi connectivity index (χ1n) is 6.23. The van der Waals surface area contributed by atoms with E-state index in [9.17, 15) is 12.8 Å². The van der Waals surface area contributed by atoms with E-state index in [0.29, 0.717) is 18.8 Å². The number of sulfonamides is 1. The molecule has 1 aliphatic heterocycles. The normalized spacial score (nSPS) is 25.4. The molecule has 0 saturated carbocycles. The lowest BCUT2D eigenvalue weighted by molar-refractivity contribution is 0.00629. The maximum absolute atomic E-state index is 12.8. The van der Waals surface area contributed by atoms with Crippen molar-refractivity contribution in [2.45, 2.75) is 31.7 Å². The van der Waals surface area contributed by atoms with Crippen molar-refractivity contribution < 1.29 is 17.5 Å². The Balaban J connectivity index is 2.19. The van der Waals surface area contributed by atoms with E-state index >= 15 is 0 Å². The molecular formula is C13H18FNO3S. The van der Waals surface area contributed by atoms with Crippen molar-refractivity contribution in [1.29, 1.82) is 0 Å². The van der Waals surface area contributed by atoms with Crippen LogP contribution < -0.4 is 0 Å². The third-order valence-electron chi connectivity index (χ3n) is 3.17. The molecule has 19 heavy (non-hydrogen) atoms. The van der Waals surface area contributed by atoms with E-state index in [0.717, 1.165) is 0 Å². The summed E-state index contributed by atoms with van der Waals surface area (Å²) in [6, 6.07) is 5.21. The molecule has 1 aromatic rings. The predicted molar refractivity (Wildman–Crippen MR) is 70.6 cm³/mol. The van der Waals surface area contributed by atoms with Gasteiger partial charge in [0.15, 0.2) is 0 Å². The highest BCUT2D eigenvalue weighted by atomic mass is 32.2. The largest absolute Gasteiger partial charge is 0.378 e. The minimum Gasteiger partial charge on any atom is -0.378 e. The maximum atomic E-state index is 12.8. The smallest absolute Gasteiger partial charge is 0.218 e. The Hall–Kier alpha value is -0.980. The van der Waals surface area contributed by atoms with Gasteiger partial charge in [0.05, 0.1) is 19.0 Å². The lowest BCUT2D eigenvalue weighted by atomic mass is 10.2. The van der Waals surface area contributed by atoms with Crippen LogP contribution in [0.1, 0.15) is 19.4 Å². The van der Waals surface area contributed by atoms with Crippen molar-refractivity contribution in [3.8, 4) is 0 Å². The van der Waals surface area contributed by atoms with Crippen LogP contribution in [0.5, 0.6) is 0 Å². The minimum atomic E-state index is -3.42. The lowest BCUT2D eigenvalue weighted by Crippen LogP contribution is -2.52. The first-order valence-corrected chi connectivity index (χ1v) is 7.84. The highest BCUT2D eigenvalue weighted by Crippen LogP contribution is 2.21. The van der Waals surface area contributed by atoms with E-state index in [-0.39, 0.29) is 23.7 Å². The SMILES string of the molecule is CC1COCC(C)N1S(=O)(=O)Cc1ccc(F)cc1. The fourth-order valence-electron chi connectivity index (χ4n) is 2.40. The lowest BCUT2D eigenvalue weighted by Gasteiger charge is -2.37. The van der Waals surface area contributed by atoms with Crippen molar-refractivity contribution in [3.05, 3.63) is 35.6 Å².